The molecule has 4 rings (SSSR count). The molecule has 0 spiro atoms. The smallest absolute Gasteiger partial charge is 0.292 e. The van der Waals surface area contributed by atoms with Gasteiger partial charge in [0.25, 0.3) is 5.69 Å². The third kappa shape index (κ3) is 2.03. The lowest BCUT2D eigenvalue weighted by Crippen LogP contribution is -2.34. The summed E-state index contributed by atoms with van der Waals surface area (Å²) in [5.74, 6) is 3.44. The van der Waals surface area contributed by atoms with Crippen LogP contribution in [0.4, 0.5) is 11.4 Å². The van der Waals surface area contributed by atoms with E-state index in [0.717, 1.165) is 29.2 Å². The van der Waals surface area contributed by atoms with E-state index in [1.54, 1.807) is 6.07 Å². The predicted molar refractivity (Wildman–Crippen MR) is 82.3 cm³/mol. The quantitative estimate of drug-likeness (QED) is 0.671. The van der Waals surface area contributed by atoms with E-state index in [1.807, 2.05) is 19.1 Å². The number of rotatable bonds is 3. The van der Waals surface area contributed by atoms with Crippen LogP contribution in [0.2, 0.25) is 0 Å². The van der Waals surface area contributed by atoms with E-state index in [9.17, 15) is 10.1 Å². The van der Waals surface area contributed by atoms with Gasteiger partial charge in [-0.05, 0) is 67.9 Å². The average Bonchev–Trinajstić information content (AvgIpc) is 3.09. The number of hydrogen-bond donors (Lipinski definition) is 1. The van der Waals surface area contributed by atoms with Crippen LogP contribution < -0.4 is 5.32 Å². The first-order valence-corrected chi connectivity index (χ1v) is 8.15. The van der Waals surface area contributed by atoms with Gasteiger partial charge < -0.3 is 5.32 Å². The lowest BCUT2D eigenvalue weighted by atomic mass is 9.79. The Morgan fingerprint density at radius 1 is 1.19 bits per heavy atom. The van der Waals surface area contributed by atoms with Crippen LogP contribution in [-0.2, 0) is 0 Å². The highest BCUT2D eigenvalue weighted by Gasteiger charge is 2.53. The zero-order valence-corrected chi connectivity index (χ0v) is 12.4. The molecule has 0 radical (unpaired) electrons. The molecule has 4 nitrogen and oxygen atoms in total. The van der Waals surface area contributed by atoms with E-state index in [-0.39, 0.29) is 10.6 Å². The van der Waals surface area contributed by atoms with Crippen LogP contribution in [0.5, 0.6) is 0 Å². The molecule has 1 aromatic carbocycles. The van der Waals surface area contributed by atoms with E-state index < -0.39 is 0 Å². The topological polar surface area (TPSA) is 55.2 Å². The summed E-state index contributed by atoms with van der Waals surface area (Å²) in [5.41, 5.74) is 2.00. The fourth-order valence-electron chi connectivity index (χ4n) is 5.36. The number of nitro groups is 1. The Morgan fingerprint density at radius 3 is 2.81 bits per heavy atom. The first kappa shape index (κ1) is 13.1. The standard InChI is InChI=1S/C17H22N2O2/c1-10-5-6-17(19(20)21)16(7-10)18-15-9-11-8-14(15)13-4-2-3-12(11)13/h5-7,11-15,18H,2-4,8-9H2,1H3. The van der Waals surface area contributed by atoms with Gasteiger partial charge in [-0.25, -0.2) is 0 Å². The van der Waals surface area contributed by atoms with Crippen LogP contribution in [0, 0.1) is 40.7 Å². The van der Waals surface area contributed by atoms with Crippen molar-refractivity contribution >= 4 is 11.4 Å². The lowest BCUT2D eigenvalue weighted by Gasteiger charge is -2.32. The molecular formula is C17H22N2O2. The number of aryl methyl sites for hydroxylation is 1. The van der Waals surface area contributed by atoms with Crippen LogP contribution in [-0.4, -0.2) is 11.0 Å². The molecule has 0 aliphatic heterocycles. The van der Waals surface area contributed by atoms with Gasteiger partial charge in [-0.1, -0.05) is 12.5 Å². The summed E-state index contributed by atoms with van der Waals surface area (Å²) in [4.78, 5) is 10.9. The van der Waals surface area contributed by atoms with Crippen molar-refractivity contribution in [3.63, 3.8) is 0 Å². The molecule has 4 heteroatoms. The zero-order valence-electron chi connectivity index (χ0n) is 12.4. The van der Waals surface area contributed by atoms with Gasteiger partial charge in [-0.3, -0.25) is 10.1 Å². The second kappa shape index (κ2) is 4.72. The minimum atomic E-state index is -0.270. The van der Waals surface area contributed by atoms with Crippen molar-refractivity contribution in [2.45, 2.75) is 45.1 Å². The summed E-state index contributed by atoms with van der Waals surface area (Å²) < 4.78 is 0. The fraction of sp³-hybridized carbons (Fsp3) is 0.647. The van der Waals surface area contributed by atoms with Crippen LogP contribution in [0.25, 0.3) is 0 Å². The highest BCUT2D eigenvalue weighted by Crippen LogP contribution is 2.59. The maximum absolute atomic E-state index is 11.2. The monoisotopic (exact) mass is 286 g/mol. The molecule has 2 bridgehead atoms. The van der Waals surface area contributed by atoms with Gasteiger partial charge in [-0.2, -0.15) is 0 Å². The number of nitrogens with one attached hydrogen (secondary N) is 1. The first-order chi connectivity index (χ1) is 10.1. The van der Waals surface area contributed by atoms with E-state index >= 15 is 0 Å². The molecule has 5 unspecified atom stereocenters. The second-order valence-electron chi connectivity index (χ2n) is 7.18. The van der Waals surface area contributed by atoms with Gasteiger partial charge in [-0.15, -0.1) is 0 Å². The van der Waals surface area contributed by atoms with Crippen LogP contribution in [0.3, 0.4) is 0 Å². The predicted octanol–water partition coefficient (Wildman–Crippen LogP) is 4.14. The zero-order chi connectivity index (χ0) is 14.6. The van der Waals surface area contributed by atoms with Crippen molar-refractivity contribution < 1.29 is 4.92 Å². The van der Waals surface area contributed by atoms with Crippen molar-refractivity contribution in [2.75, 3.05) is 5.32 Å². The summed E-state index contributed by atoms with van der Waals surface area (Å²) >= 11 is 0. The number of benzene rings is 1. The molecule has 0 saturated heterocycles. The van der Waals surface area contributed by atoms with E-state index in [0.29, 0.717) is 11.7 Å². The maximum Gasteiger partial charge on any atom is 0.292 e. The minimum absolute atomic E-state index is 0.214. The Bertz CT molecular complexity index is 586. The Hall–Kier alpha value is -1.58. The molecule has 1 aromatic rings. The van der Waals surface area contributed by atoms with Gasteiger partial charge in [0.05, 0.1) is 4.92 Å². The molecule has 112 valence electrons. The van der Waals surface area contributed by atoms with Gasteiger partial charge in [0.15, 0.2) is 0 Å². The molecule has 3 aliphatic rings. The molecular weight excluding hydrogens is 264 g/mol. The Kier molecular flexibility index (Phi) is 2.95. The molecule has 21 heavy (non-hydrogen) atoms. The van der Waals surface area contributed by atoms with Crippen molar-refractivity contribution in [3.8, 4) is 0 Å². The molecule has 5 atom stereocenters. The summed E-state index contributed by atoms with van der Waals surface area (Å²) in [5, 5.41) is 14.7. The molecule has 0 aromatic heterocycles. The van der Waals surface area contributed by atoms with Gasteiger partial charge >= 0.3 is 0 Å². The van der Waals surface area contributed by atoms with Crippen molar-refractivity contribution in [1.82, 2.24) is 0 Å². The SMILES string of the molecule is Cc1ccc([N+](=O)[O-])c(NC2CC3CC2C2CCCC32)c1. The number of nitrogens with zero attached hydrogens (tertiary/aromatic N) is 1. The largest absolute Gasteiger partial charge is 0.376 e. The Balaban J connectivity index is 1.57. The highest BCUT2D eigenvalue weighted by atomic mass is 16.6. The van der Waals surface area contributed by atoms with Gasteiger partial charge in [0.1, 0.15) is 5.69 Å². The number of anilines is 1. The summed E-state index contributed by atoms with van der Waals surface area (Å²) in [6.07, 6.45) is 6.73. The number of nitro benzene ring substituents is 1. The fourth-order valence-corrected chi connectivity index (χ4v) is 5.36. The highest BCUT2D eigenvalue weighted by molar-refractivity contribution is 5.63. The van der Waals surface area contributed by atoms with Crippen molar-refractivity contribution in [2.24, 2.45) is 23.7 Å². The van der Waals surface area contributed by atoms with Crippen LogP contribution >= 0.6 is 0 Å². The normalized spacial score (nSPS) is 36.7. The Labute approximate surface area is 125 Å². The third-order valence-electron chi connectivity index (χ3n) is 6.12. The van der Waals surface area contributed by atoms with Crippen molar-refractivity contribution in [1.29, 1.82) is 0 Å². The van der Waals surface area contributed by atoms with E-state index in [1.165, 1.54) is 32.1 Å². The number of hydrogen-bond acceptors (Lipinski definition) is 3. The average molecular weight is 286 g/mol. The molecule has 3 fully saturated rings. The molecule has 3 saturated carbocycles. The minimum Gasteiger partial charge on any atom is -0.376 e. The molecule has 3 aliphatic carbocycles. The summed E-state index contributed by atoms with van der Waals surface area (Å²) in [6.45, 7) is 1.99. The lowest BCUT2D eigenvalue weighted by molar-refractivity contribution is -0.384. The van der Waals surface area contributed by atoms with E-state index in [2.05, 4.69) is 5.32 Å². The van der Waals surface area contributed by atoms with Crippen molar-refractivity contribution in [3.05, 3.63) is 33.9 Å². The van der Waals surface area contributed by atoms with Crippen LogP contribution in [0.15, 0.2) is 18.2 Å². The second-order valence-corrected chi connectivity index (χ2v) is 7.18. The van der Waals surface area contributed by atoms with Gasteiger partial charge in [0, 0.05) is 12.1 Å². The number of fused-ring (bicyclic) bond motifs is 5. The van der Waals surface area contributed by atoms with Crippen LogP contribution in [0.1, 0.15) is 37.7 Å². The van der Waals surface area contributed by atoms with Gasteiger partial charge in [0.2, 0.25) is 0 Å². The Morgan fingerprint density at radius 2 is 2.00 bits per heavy atom. The summed E-state index contributed by atoms with van der Waals surface area (Å²) in [6, 6.07) is 5.81. The maximum atomic E-state index is 11.2. The van der Waals surface area contributed by atoms with E-state index in [4.69, 9.17) is 0 Å². The molecule has 1 N–H and O–H groups in total. The first-order valence-electron chi connectivity index (χ1n) is 8.15. The molecule has 0 amide bonds. The third-order valence-corrected chi connectivity index (χ3v) is 6.12. The summed E-state index contributed by atoms with van der Waals surface area (Å²) in [7, 11) is 0. The molecule has 0 heterocycles.